The number of nitrogens with one attached hydrogen (secondary N) is 2. The molecule has 1 aliphatic heterocycles. The molecule has 4 rings (SSSR count). The maximum atomic E-state index is 12.6. The number of nitrogens with zero attached hydrogens (tertiary/aromatic N) is 2. The van der Waals surface area contributed by atoms with Crippen LogP contribution in [0.25, 0.3) is 22.2 Å². The Kier molecular flexibility index (Phi) is 5.47. The van der Waals surface area contributed by atoms with E-state index in [9.17, 15) is 14.4 Å². The Hall–Kier alpha value is -3.68. The van der Waals surface area contributed by atoms with E-state index in [2.05, 4.69) is 15.8 Å². The SMILES string of the molecule is CNC(=O)C1CCCN1C(=O)CNC(=O)c1ccc2noc(-c3ccccc3)c2c1. The third-order valence-electron chi connectivity index (χ3n) is 5.30. The van der Waals surface area contributed by atoms with Gasteiger partial charge in [-0.1, -0.05) is 35.5 Å². The van der Waals surface area contributed by atoms with Crippen molar-refractivity contribution in [3.8, 4) is 11.3 Å². The van der Waals surface area contributed by atoms with E-state index in [0.717, 1.165) is 17.4 Å². The van der Waals surface area contributed by atoms with Crippen molar-refractivity contribution in [1.82, 2.24) is 20.7 Å². The number of likely N-dealkylation sites (tertiary alicyclic amines) is 1. The highest BCUT2D eigenvalue weighted by Crippen LogP contribution is 2.29. The Morgan fingerprint density at radius 1 is 1.17 bits per heavy atom. The molecule has 0 bridgehead atoms. The molecule has 154 valence electrons. The van der Waals surface area contributed by atoms with Crippen LogP contribution in [0.2, 0.25) is 0 Å². The van der Waals surface area contributed by atoms with Gasteiger partial charge in [-0.3, -0.25) is 14.4 Å². The minimum atomic E-state index is -0.471. The number of fused-ring (bicyclic) bond motifs is 1. The summed E-state index contributed by atoms with van der Waals surface area (Å²) in [5.41, 5.74) is 1.91. The summed E-state index contributed by atoms with van der Waals surface area (Å²) < 4.78 is 5.47. The zero-order valence-corrected chi connectivity index (χ0v) is 16.6. The first kappa shape index (κ1) is 19.6. The monoisotopic (exact) mass is 406 g/mol. The van der Waals surface area contributed by atoms with Crippen LogP contribution in [0.5, 0.6) is 0 Å². The quantitative estimate of drug-likeness (QED) is 0.674. The molecule has 1 fully saturated rings. The molecule has 0 radical (unpaired) electrons. The number of carbonyl (C=O) groups is 3. The number of hydrogen-bond acceptors (Lipinski definition) is 5. The summed E-state index contributed by atoms with van der Waals surface area (Å²) in [6, 6.07) is 14.1. The third-order valence-corrected chi connectivity index (χ3v) is 5.30. The number of rotatable bonds is 5. The molecule has 0 spiro atoms. The number of benzene rings is 2. The minimum absolute atomic E-state index is 0.167. The first-order chi connectivity index (χ1) is 14.6. The van der Waals surface area contributed by atoms with Gasteiger partial charge in [-0.15, -0.1) is 0 Å². The summed E-state index contributed by atoms with van der Waals surface area (Å²) in [6.07, 6.45) is 1.40. The van der Waals surface area contributed by atoms with E-state index in [0.29, 0.717) is 29.8 Å². The van der Waals surface area contributed by atoms with Crippen molar-refractivity contribution in [1.29, 1.82) is 0 Å². The maximum Gasteiger partial charge on any atom is 0.251 e. The van der Waals surface area contributed by atoms with E-state index in [1.807, 2.05) is 30.3 Å². The first-order valence-corrected chi connectivity index (χ1v) is 9.82. The fourth-order valence-electron chi connectivity index (χ4n) is 3.74. The number of likely N-dealkylation sites (N-methyl/N-ethyl adjacent to an activating group) is 1. The normalized spacial score (nSPS) is 15.9. The lowest BCUT2D eigenvalue weighted by molar-refractivity contribution is -0.137. The van der Waals surface area contributed by atoms with Crippen LogP contribution in [0.1, 0.15) is 23.2 Å². The van der Waals surface area contributed by atoms with Crippen LogP contribution in [0, 0.1) is 0 Å². The van der Waals surface area contributed by atoms with Gasteiger partial charge in [0.05, 0.1) is 11.9 Å². The Balaban J connectivity index is 1.47. The molecular weight excluding hydrogens is 384 g/mol. The summed E-state index contributed by atoms with van der Waals surface area (Å²) in [4.78, 5) is 38.6. The fraction of sp³-hybridized carbons (Fsp3) is 0.273. The van der Waals surface area contributed by atoms with E-state index in [-0.39, 0.29) is 24.3 Å². The molecule has 2 heterocycles. The van der Waals surface area contributed by atoms with E-state index < -0.39 is 6.04 Å². The van der Waals surface area contributed by atoms with Crippen molar-refractivity contribution in [2.24, 2.45) is 0 Å². The lowest BCUT2D eigenvalue weighted by Crippen LogP contribution is -2.48. The number of aromatic nitrogens is 1. The largest absolute Gasteiger partial charge is 0.357 e. The van der Waals surface area contributed by atoms with Gasteiger partial charge in [0.15, 0.2) is 5.76 Å². The highest BCUT2D eigenvalue weighted by Gasteiger charge is 2.33. The number of carbonyl (C=O) groups excluding carboxylic acids is 3. The molecule has 3 aromatic rings. The van der Waals surface area contributed by atoms with Gasteiger partial charge in [0.25, 0.3) is 5.91 Å². The lowest BCUT2D eigenvalue weighted by atomic mass is 10.1. The molecule has 3 amide bonds. The Bertz CT molecular complexity index is 1090. The van der Waals surface area contributed by atoms with E-state index in [1.165, 1.54) is 4.90 Å². The van der Waals surface area contributed by atoms with Crippen molar-refractivity contribution < 1.29 is 18.9 Å². The van der Waals surface area contributed by atoms with E-state index >= 15 is 0 Å². The van der Waals surface area contributed by atoms with Gasteiger partial charge in [-0.05, 0) is 31.0 Å². The predicted molar refractivity (Wildman–Crippen MR) is 111 cm³/mol. The number of amides is 3. The zero-order valence-electron chi connectivity index (χ0n) is 16.6. The second-order valence-electron chi connectivity index (χ2n) is 7.15. The van der Waals surface area contributed by atoms with Gasteiger partial charge in [0, 0.05) is 24.7 Å². The smallest absolute Gasteiger partial charge is 0.251 e. The van der Waals surface area contributed by atoms with Gasteiger partial charge in [-0.25, -0.2) is 0 Å². The van der Waals surface area contributed by atoms with Crippen LogP contribution in [-0.2, 0) is 9.59 Å². The van der Waals surface area contributed by atoms with Crippen LogP contribution >= 0.6 is 0 Å². The summed E-state index contributed by atoms with van der Waals surface area (Å²) in [5, 5.41) is 10.0. The molecule has 8 nitrogen and oxygen atoms in total. The summed E-state index contributed by atoms with van der Waals surface area (Å²) in [7, 11) is 1.55. The molecule has 2 N–H and O–H groups in total. The summed E-state index contributed by atoms with van der Waals surface area (Å²) >= 11 is 0. The summed E-state index contributed by atoms with van der Waals surface area (Å²) in [6.45, 7) is 0.347. The van der Waals surface area contributed by atoms with Crippen LogP contribution in [-0.4, -0.2) is 54.0 Å². The average Bonchev–Trinajstić information content (AvgIpc) is 3.44. The number of hydrogen-bond donors (Lipinski definition) is 2. The molecule has 1 aliphatic rings. The molecule has 1 atom stereocenters. The minimum Gasteiger partial charge on any atom is -0.357 e. The highest BCUT2D eigenvalue weighted by molar-refractivity contribution is 6.02. The molecule has 1 unspecified atom stereocenters. The molecule has 0 aliphatic carbocycles. The van der Waals surface area contributed by atoms with Crippen LogP contribution in [0.15, 0.2) is 53.1 Å². The van der Waals surface area contributed by atoms with E-state index in [4.69, 9.17) is 4.52 Å². The fourth-order valence-corrected chi connectivity index (χ4v) is 3.74. The predicted octanol–water partition coefficient (Wildman–Crippen LogP) is 1.96. The van der Waals surface area contributed by atoms with Crippen LogP contribution in [0.4, 0.5) is 0 Å². The second kappa shape index (κ2) is 8.36. The molecule has 2 aromatic carbocycles. The van der Waals surface area contributed by atoms with Crippen molar-refractivity contribution in [2.75, 3.05) is 20.1 Å². The molecule has 30 heavy (non-hydrogen) atoms. The highest BCUT2D eigenvalue weighted by atomic mass is 16.5. The van der Waals surface area contributed by atoms with Crippen molar-refractivity contribution >= 4 is 28.6 Å². The molecule has 8 heteroatoms. The van der Waals surface area contributed by atoms with E-state index in [1.54, 1.807) is 25.2 Å². The Labute approximate surface area is 173 Å². The van der Waals surface area contributed by atoms with Crippen LogP contribution < -0.4 is 10.6 Å². The van der Waals surface area contributed by atoms with Crippen molar-refractivity contribution in [2.45, 2.75) is 18.9 Å². The van der Waals surface area contributed by atoms with Gasteiger partial charge in [0.1, 0.15) is 11.6 Å². The zero-order chi connectivity index (χ0) is 21.1. The van der Waals surface area contributed by atoms with Gasteiger partial charge < -0.3 is 20.1 Å². The van der Waals surface area contributed by atoms with Gasteiger partial charge in [0.2, 0.25) is 11.8 Å². The Morgan fingerprint density at radius 2 is 1.97 bits per heavy atom. The maximum absolute atomic E-state index is 12.6. The average molecular weight is 406 g/mol. The van der Waals surface area contributed by atoms with Crippen LogP contribution in [0.3, 0.4) is 0 Å². The molecular formula is C22H22N4O4. The second-order valence-corrected chi connectivity index (χ2v) is 7.15. The topological polar surface area (TPSA) is 105 Å². The van der Waals surface area contributed by atoms with Gasteiger partial charge >= 0.3 is 0 Å². The van der Waals surface area contributed by atoms with Gasteiger partial charge in [-0.2, -0.15) is 0 Å². The third kappa shape index (κ3) is 3.76. The molecule has 1 aromatic heterocycles. The molecule has 0 saturated carbocycles. The van der Waals surface area contributed by atoms with Crippen molar-refractivity contribution in [3.05, 3.63) is 54.1 Å². The first-order valence-electron chi connectivity index (χ1n) is 9.82. The lowest BCUT2D eigenvalue weighted by Gasteiger charge is -2.23. The van der Waals surface area contributed by atoms with Crippen molar-refractivity contribution in [3.63, 3.8) is 0 Å². The standard InChI is InChI=1S/C22H22N4O4/c1-23-22(29)18-8-5-11-26(18)19(27)13-24-21(28)15-9-10-17-16(12-15)20(30-25-17)14-6-3-2-4-7-14/h2-4,6-7,9-10,12,18H,5,8,11,13H2,1H3,(H,23,29)(H,24,28). The Morgan fingerprint density at radius 3 is 2.73 bits per heavy atom. The summed E-state index contributed by atoms with van der Waals surface area (Å²) in [5.74, 6) is -0.244. The molecule has 1 saturated heterocycles.